The number of thiophene rings is 1. The number of para-hydroxylation sites is 1. The standard InChI is InChI=1S/C24H22FN3O3S/c1-2-31-23-16(12-22(29)30)4-3-5-18(23)20-13-21(28-14-27-20)26-8-6-15-10-17-7-9-32-24(17)19(25)11-15/h3-5,7,9-11,13-14H,2,6,8,12H2,1H3,(H,29,30)(H,26,27,28). The number of hydrogen-bond donors (Lipinski definition) is 2. The number of benzene rings is 2. The van der Waals surface area contributed by atoms with Crippen LogP contribution in [0.3, 0.4) is 0 Å². The normalized spacial score (nSPS) is 10.9. The van der Waals surface area contributed by atoms with E-state index in [1.54, 1.807) is 24.3 Å². The molecule has 0 unspecified atom stereocenters. The molecule has 8 heteroatoms. The minimum atomic E-state index is -0.926. The number of halogens is 1. The van der Waals surface area contributed by atoms with Crippen molar-refractivity contribution in [3.63, 3.8) is 0 Å². The highest BCUT2D eigenvalue weighted by Crippen LogP contribution is 2.33. The zero-order chi connectivity index (χ0) is 22.5. The van der Waals surface area contributed by atoms with E-state index in [-0.39, 0.29) is 12.2 Å². The highest BCUT2D eigenvalue weighted by Gasteiger charge is 2.15. The minimum Gasteiger partial charge on any atom is -0.493 e. The molecule has 2 aromatic carbocycles. The Kier molecular flexibility index (Phi) is 6.61. The Balaban J connectivity index is 1.51. The van der Waals surface area contributed by atoms with E-state index in [0.717, 1.165) is 10.9 Å². The maximum atomic E-state index is 14.2. The van der Waals surface area contributed by atoms with Crippen molar-refractivity contribution in [1.82, 2.24) is 9.97 Å². The smallest absolute Gasteiger partial charge is 0.307 e. The summed E-state index contributed by atoms with van der Waals surface area (Å²) < 4.78 is 20.6. The van der Waals surface area contributed by atoms with Gasteiger partial charge in [-0.1, -0.05) is 18.2 Å². The van der Waals surface area contributed by atoms with Crippen LogP contribution in [-0.2, 0) is 17.6 Å². The number of fused-ring (bicyclic) bond motifs is 1. The number of rotatable bonds is 9. The number of hydrogen-bond acceptors (Lipinski definition) is 6. The summed E-state index contributed by atoms with van der Waals surface area (Å²) in [5.41, 5.74) is 2.84. The van der Waals surface area contributed by atoms with E-state index in [1.165, 1.54) is 17.7 Å². The molecule has 0 spiro atoms. The molecule has 164 valence electrons. The monoisotopic (exact) mass is 451 g/mol. The largest absolute Gasteiger partial charge is 0.493 e. The second-order valence-electron chi connectivity index (χ2n) is 7.18. The third-order valence-corrected chi connectivity index (χ3v) is 5.89. The van der Waals surface area contributed by atoms with Crippen molar-refractivity contribution in [3.05, 3.63) is 71.1 Å². The van der Waals surface area contributed by atoms with Crippen molar-refractivity contribution in [2.45, 2.75) is 19.8 Å². The molecule has 2 heterocycles. The first-order chi connectivity index (χ1) is 15.5. The zero-order valence-corrected chi connectivity index (χ0v) is 18.3. The van der Waals surface area contributed by atoms with Gasteiger partial charge >= 0.3 is 5.97 Å². The van der Waals surface area contributed by atoms with Crippen molar-refractivity contribution in [3.8, 4) is 17.0 Å². The van der Waals surface area contributed by atoms with Gasteiger partial charge in [-0.2, -0.15) is 0 Å². The number of anilines is 1. The first kappa shape index (κ1) is 21.7. The number of nitrogens with one attached hydrogen (secondary N) is 1. The van der Waals surface area contributed by atoms with Crippen LogP contribution < -0.4 is 10.1 Å². The first-order valence-corrected chi connectivity index (χ1v) is 11.1. The van der Waals surface area contributed by atoms with Crippen LogP contribution in [0.1, 0.15) is 18.1 Å². The van der Waals surface area contributed by atoms with Gasteiger partial charge in [0.1, 0.15) is 23.7 Å². The molecular weight excluding hydrogens is 429 g/mol. The van der Waals surface area contributed by atoms with E-state index >= 15 is 0 Å². The number of carboxylic acids is 1. The van der Waals surface area contributed by atoms with Crippen LogP contribution in [0, 0.1) is 5.82 Å². The molecule has 4 rings (SSSR count). The van der Waals surface area contributed by atoms with Crippen molar-refractivity contribution in [1.29, 1.82) is 0 Å². The first-order valence-electron chi connectivity index (χ1n) is 10.2. The fourth-order valence-corrected chi connectivity index (χ4v) is 4.37. The Bertz CT molecular complexity index is 1260. The highest BCUT2D eigenvalue weighted by molar-refractivity contribution is 7.17. The van der Waals surface area contributed by atoms with E-state index in [0.29, 0.717) is 52.7 Å². The van der Waals surface area contributed by atoms with Gasteiger partial charge in [-0.3, -0.25) is 4.79 Å². The minimum absolute atomic E-state index is 0.135. The number of ether oxygens (including phenoxy) is 1. The third-order valence-electron chi connectivity index (χ3n) is 4.96. The topological polar surface area (TPSA) is 84.3 Å². The number of carbonyl (C=O) groups is 1. The SMILES string of the molecule is CCOc1c(CC(=O)O)cccc1-c1cc(NCCc2cc(F)c3sccc3c2)ncn1. The van der Waals surface area contributed by atoms with Gasteiger partial charge in [0.05, 0.1) is 23.4 Å². The number of carboxylic acid groups (broad SMARTS) is 1. The lowest BCUT2D eigenvalue weighted by molar-refractivity contribution is -0.136. The Morgan fingerprint density at radius 2 is 2.09 bits per heavy atom. The predicted octanol–water partition coefficient (Wildman–Crippen LogP) is 5.18. The molecule has 6 nitrogen and oxygen atoms in total. The molecule has 0 aliphatic carbocycles. The molecule has 0 atom stereocenters. The summed E-state index contributed by atoms with van der Waals surface area (Å²) in [4.78, 5) is 19.9. The predicted molar refractivity (Wildman–Crippen MR) is 124 cm³/mol. The van der Waals surface area contributed by atoms with Crippen LogP contribution in [0.2, 0.25) is 0 Å². The van der Waals surface area contributed by atoms with Crippen LogP contribution in [0.25, 0.3) is 21.3 Å². The van der Waals surface area contributed by atoms with Gasteiger partial charge in [0.25, 0.3) is 0 Å². The molecule has 2 aromatic heterocycles. The van der Waals surface area contributed by atoms with Crippen molar-refractivity contribution in [2.75, 3.05) is 18.5 Å². The van der Waals surface area contributed by atoms with Crippen molar-refractivity contribution < 1.29 is 19.0 Å². The molecule has 32 heavy (non-hydrogen) atoms. The molecule has 4 aromatic rings. The second-order valence-corrected chi connectivity index (χ2v) is 8.10. The average Bonchev–Trinajstić information content (AvgIpc) is 3.24. The van der Waals surface area contributed by atoms with E-state index in [4.69, 9.17) is 4.74 Å². The van der Waals surface area contributed by atoms with Crippen molar-refractivity contribution >= 4 is 33.2 Å². The van der Waals surface area contributed by atoms with Crippen LogP contribution in [0.15, 0.2) is 54.2 Å². The van der Waals surface area contributed by atoms with Crippen LogP contribution >= 0.6 is 11.3 Å². The molecule has 0 radical (unpaired) electrons. The van der Waals surface area contributed by atoms with Gasteiger partial charge in [0.15, 0.2) is 0 Å². The molecule has 0 fully saturated rings. The zero-order valence-electron chi connectivity index (χ0n) is 17.5. The quantitative estimate of drug-likeness (QED) is 0.365. The molecular formula is C24H22FN3O3S. The lowest BCUT2D eigenvalue weighted by Gasteiger charge is -2.14. The number of aliphatic carboxylic acids is 1. The Morgan fingerprint density at radius 3 is 2.91 bits per heavy atom. The summed E-state index contributed by atoms with van der Waals surface area (Å²) in [5, 5.41) is 15.3. The average molecular weight is 452 g/mol. The van der Waals surface area contributed by atoms with E-state index < -0.39 is 5.97 Å². The summed E-state index contributed by atoms with van der Waals surface area (Å²) >= 11 is 1.40. The van der Waals surface area contributed by atoms with Gasteiger partial charge in [0.2, 0.25) is 0 Å². The molecule has 0 saturated heterocycles. The van der Waals surface area contributed by atoms with Gasteiger partial charge < -0.3 is 15.2 Å². The Morgan fingerprint density at radius 1 is 1.22 bits per heavy atom. The van der Waals surface area contributed by atoms with Crippen molar-refractivity contribution in [2.24, 2.45) is 0 Å². The molecule has 0 amide bonds. The summed E-state index contributed by atoms with van der Waals surface area (Å²) in [6.07, 6.45) is 1.96. The van der Waals surface area contributed by atoms with Gasteiger partial charge in [0, 0.05) is 23.7 Å². The lowest BCUT2D eigenvalue weighted by Crippen LogP contribution is -2.08. The summed E-state index contributed by atoms with van der Waals surface area (Å²) in [5.74, 6) is 0.0199. The lowest BCUT2D eigenvalue weighted by atomic mass is 10.0. The van der Waals surface area contributed by atoms with Gasteiger partial charge in [-0.05, 0) is 47.9 Å². The summed E-state index contributed by atoms with van der Waals surface area (Å²) in [6.45, 7) is 2.83. The van der Waals surface area contributed by atoms with Crippen LogP contribution in [-0.4, -0.2) is 34.2 Å². The molecule has 0 saturated carbocycles. The van der Waals surface area contributed by atoms with E-state index in [9.17, 15) is 14.3 Å². The number of aromatic nitrogens is 2. The molecule has 0 aliphatic heterocycles. The summed E-state index contributed by atoms with van der Waals surface area (Å²) in [6, 6.07) is 12.7. The fourth-order valence-electron chi connectivity index (χ4n) is 3.58. The Labute approximate surface area is 188 Å². The second kappa shape index (κ2) is 9.74. The van der Waals surface area contributed by atoms with Crippen LogP contribution in [0.5, 0.6) is 5.75 Å². The number of nitrogens with zero attached hydrogens (tertiary/aromatic N) is 2. The Hall–Kier alpha value is -3.52. The van der Waals surface area contributed by atoms with Gasteiger partial charge in [-0.15, -0.1) is 11.3 Å². The van der Waals surface area contributed by atoms with Gasteiger partial charge in [-0.25, -0.2) is 14.4 Å². The molecule has 0 aliphatic rings. The van der Waals surface area contributed by atoms with Crippen LogP contribution in [0.4, 0.5) is 10.2 Å². The van der Waals surface area contributed by atoms with E-state index in [1.807, 2.05) is 30.5 Å². The molecule has 2 N–H and O–H groups in total. The third kappa shape index (κ3) is 4.86. The maximum absolute atomic E-state index is 14.2. The highest BCUT2D eigenvalue weighted by atomic mass is 32.1. The fraction of sp³-hybridized carbons (Fsp3) is 0.208. The molecule has 0 bridgehead atoms. The van der Waals surface area contributed by atoms with E-state index in [2.05, 4.69) is 15.3 Å². The summed E-state index contributed by atoms with van der Waals surface area (Å²) in [7, 11) is 0. The maximum Gasteiger partial charge on any atom is 0.307 e.